The number of benzene rings is 2. The molecule has 2 aromatic carbocycles. The minimum absolute atomic E-state index is 0.119. The second-order valence-corrected chi connectivity index (χ2v) is 8.42. The summed E-state index contributed by atoms with van der Waals surface area (Å²) in [6.45, 7) is 9.89. The lowest BCUT2D eigenvalue weighted by molar-refractivity contribution is -0.120. The van der Waals surface area contributed by atoms with E-state index in [4.69, 9.17) is 16.0 Å². The Kier molecular flexibility index (Phi) is 6.84. The van der Waals surface area contributed by atoms with Gasteiger partial charge in [-0.15, -0.1) is 0 Å². The van der Waals surface area contributed by atoms with E-state index in [1.807, 2.05) is 42.9 Å². The number of hydrogen-bond acceptors (Lipinski definition) is 4. The first-order valence-electron chi connectivity index (χ1n) is 11.2. The number of aromatic hydroxyl groups is 1. The van der Waals surface area contributed by atoms with Crippen LogP contribution in [0.4, 0.5) is 4.39 Å². The smallest absolute Gasteiger partial charge is 0.326 e. The Balaban J connectivity index is 1.78. The van der Waals surface area contributed by atoms with Crippen LogP contribution in [0.5, 0.6) is 17.2 Å². The van der Waals surface area contributed by atoms with Crippen LogP contribution in [-0.2, 0) is 18.4 Å². The Morgan fingerprint density at radius 1 is 1.19 bits per heavy atom. The molecule has 1 aliphatic carbocycles. The first-order chi connectivity index (χ1) is 17.3. The van der Waals surface area contributed by atoms with E-state index in [9.17, 15) is 14.3 Å². The van der Waals surface area contributed by atoms with Crippen LogP contribution in [0, 0.1) is 12.4 Å². The fraction of sp³-hybridized carbons (Fsp3) is 0.214. The van der Waals surface area contributed by atoms with E-state index in [0.29, 0.717) is 27.8 Å². The van der Waals surface area contributed by atoms with E-state index < -0.39 is 17.8 Å². The van der Waals surface area contributed by atoms with Gasteiger partial charge in [0, 0.05) is 18.9 Å². The summed E-state index contributed by atoms with van der Waals surface area (Å²) in [5.74, 6) is -0.558. The summed E-state index contributed by atoms with van der Waals surface area (Å²) in [6, 6.07) is 10.3. The largest absolute Gasteiger partial charge is 0.502 e. The second-order valence-electron chi connectivity index (χ2n) is 8.42. The highest BCUT2D eigenvalue weighted by Crippen LogP contribution is 2.46. The Labute approximate surface area is 208 Å². The number of nitrogens with one attached hydrogen (secondary N) is 1. The fourth-order valence-electron chi connectivity index (χ4n) is 4.43. The number of nitrogens with zero attached hydrogens (tertiary/aromatic N) is 2. The normalized spacial score (nSPS) is 14.4. The van der Waals surface area contributed by atoms with Gasteiger partial charge < -0.3 is 24.5 Å². The summed E-state index contributed by atoms with van der Waals surface area (Å²) in [5.41, 5.74) is 4.67. The van der Waals surface area contributed by atoms with Crippen molar-refractivity contribution in [2.24, 2.45) is 7.05 Å². The number of aromatic nitrogens is 1. The van der Waals surface area contributed by atoms with E-state index in [1.165, 1.54) is 26.4 Å². The molecule has 0 fully saturated rings. The van der Waals surface area contributed by atoms with Crippen molar-refractivity contribution in [1.82, 2.24) is 9.88 Å². The van der Waals surface area contributed by atoms with Gasteiger partial charge >= 0.3 is 11.9 Å². The molecular weight excluding hydrogens is 461 g/mol. The van der Waals surface area contributed by atoms with Crippen molar-refractivity contribution in [2.45, 2.75) is 19.5 Å². The van der Waals surface area contributed by atoms with Crippen LogP contribution in [0.3, 0.4) is 0 Å². The van der Waals surface area contributed by atoms with Gasteiger partial charge in [-0.1, -0.05) is 6.07 Å². The van der Waals surface area contributed by atoms with Crippen LogP contribution in [0.15, 0.2) is 54.2 Å². The standard InChI is InChI=1S/C28H26FN3O4/c1-16-21(11-17-12-23(35-4)27(33)24(13-17)36-5)20-9-8-18(29)14-22(20)25(16)26(30-2)28(34)31-15-19-7-6-10-32(19)3/h6-14,26,33H,15H2,1,3-5H3,(H,31,34)/b21-11-. The molecule has 4 rings (SSSR count). The number of methoxy groups -OCH3 is 2. The summed E-state index contributed by atoms with van der Waals surface area (Å²) < 4.78 is 26.7. The Morgan fingerprint density at radius 2 is 1.89 bits per heavy atom. The lowest BCUT2D eigenvalue weighted by Gasteiger charge is -2.11. The number of hydrogen-bond donors (Lipinski definition) is 2. The van der Waals surface area contributed by atoms with Crippen molar-refractivity contribution < 1.29 is 23.8 Å². The molecule has 36 heavy (non-hydrogen) atoms. The SMILES string of the molecule is [C-]#[N+]C(C(=O)NCc1cccn1C)C1=C(C)/C(=C/c2cc(OC)c(O)c(OC)c2)c2ccc(F)cc21. The number of phenolic OH excluding ortho intramolecular Hbond substituents is 1. The molecular formula is C28H26FN3O4. The number of allylic oxidation sites excluding steroid dienone is 2. The van der Waals surface area contributed by atoms with Gasteiger partial charge in [0.05, 0.1) is 26.3 Å². The van der Waals surface area contributed by atoms with Gasteiger partial charge in [-0.3, -0.25) is 9.64 Å². The zero-order chi connectivity index (χ0) is 26.0. The molecule has 3 aromatic rings. The molecule has 0 radical (unpaired) electrons. The summed E-state index contributed by atoms with van der Waals surface area (Å²) in [6.07, 6.45) is 3.72. The number of carbonyl (C=O) groups is 1. The fourth-order valence-corrected chi connectivity index (χ4v) is 4.43. The van der Waals surface area contributed by atoms with Gasteiger partial charge in [-0.25, -0.2) is 11.0 Å². The van der Waals surface area contributed by atoms with Gasteiger partial charge in [0.15, 0.2) is 11.5 Å². The Bertz CT molecular complexity index is 1420. The van der Waals surface area contributed by atoms with Crippen LogP contribution in [-0.4, -0.2) is 35.8 Å². The monoisotopic (exact) mass is 487 g/mol. The lowest BCUT2D eigenvalue weighted by Crippen LogP contribution is -2.33. The Hall–Kier alpha value is -4.51. The highest BCUT2D eigenvalue weighted by molar-refractivity contribution is 6.11. The molecule has 1 aliphatic rings. The molecule has 0 saturated heterocycles. The molecule has 184 valence electrons. The molecule has 1 aromatic heterocycles. The maximum Gasteiger partial charge on any atom is 0.326 e. The summed E-state index contributed by atoms with van der Waals surface area (Å²) >= 11 is 0. The lowest BCUT2D eigenvalue weighted by atomic mass is 9.98. The third-order valence-corrected chi connectivity index (χ3v) is 6.33. The van der Waals surface area contributed by atoms with E-state index in [0.717, 1.165) is 11.3 Å². The van der Waals surface area contributed by atoms with Crippen LogP contribution in [0.1, 0.15) is 29.3 Å². The number of rotatable bonds is 7. The molecule has 0 bridgehead atoms. The van der Waals surface area contributed by atoms with Crippen molar-refractivity contribution >= 4 is 23.1 Å². The average molecular weight is 488 g/mol. The number of fused-ring (bicyclic) bond motifs is 1. The van der Waals surface area contributed by atoms with Crippen molar-refractivity contribution in [2.75, 3.05) is 14.2 Å². The van der Waals surface area contributed by atoms with Crippen molar-refractivity contribution in [1.29, 1.82) is 0 Å². The number of amides is 1. The van der Waals surface area contributed by atoms with E-state index in [2.05, 4.69) is 10.2 Å². The van der Waals surface area contributed by atoms with Gasteiger partial charge in [-0.2, -0.15) is 0 Å². The van der Waals surface area contributed by atoms with Crippen LogP contribution in [0.25, 0.3) is 22.1 Å². The summed E-state index contributed by atoms with van der Waals surface area (Å²) in [5, 5.41) is 13.1. The molecule has 1 amide bonds. The molecule has 0 aliphatic heterocycles. The Morgan fingerprint density at radius 3 is 2.47 bits per heavy atom. The summed E-state index contributed by atoms with van der Waals surface area (Å²) in [4.78, 5) is 16.8. The van der Waals surface area contributed by atoms with E-state index in [-0.39, 0.29) is 23.8 Å². The predicted molar refractivity (Wildman–Crippen MR) is 136 cm³/mol. The van der Waals surface area contributed by atoms with Crippen molar-refractivity contribution in [3.8, 4) is 17.2 Å². The maximum atomic E-state index is 14.3. The molecule has 0 saturated carbocycles. The second kappa shape index (κ2) is 10.0. The van der Waals surface area contributed by atoms with Crippen molar-refractivity contribution in [3.05, 3.63) is 93.9 Å². The van der Waals surface area contributed by atoms with Gasteiger partial charge in [0.1, 0.15) is 5.82 Å². The number of phenols is 1. The van der Waals surface area contributed by atoms with Gasteiger partial charge in [0.25, 0.3) is 0 Å². The maximum absolute atomic E-state index is 14.3. The van der Waals surface area contributed by atoms with Crippen LogP contribution < -0.4 is 14.8 Å². The van der Waals surface area contributed by atoms with Crippen molar-refractivity contribution in [3.63, 3.8) is 0 Å². The van der Waals surface area contributed by atoms with E-state index in [1.54, 1.807) is 18.2 Å². The molecule has 1 heterocycles. The highest BCUT2D eigenvalue weighted by atomic mass is 19.1. The van der Waals surface area contributed by atoms with Gasteiger partial charge in [-0.05, 0) is 77.2 Å². The molecule has 0 spiro atoms. The first-order valence-corrected chi connectivity index (χ1v) is 11.2. The summed E-state index contributed by atoms with van der Waals surface area (Å²) in [7, 11) is 4.76. The number of aryl methyl sites for hydroxylation is 1. The topological polar surface area (TPSA) is 77.1 Å². The number of ether oxygens (including phenoxy) is 2. The van der Waals surface area contributed by atoms with Gasteiger partial charge in [0.2, 0.25) is 5.75 Å². The molecule has 1 unspecified atom stereocenters. The molecule has 1 atom stereocenters. The minimum Gasteiger partial charge on any atom is -0.502 e. The first kappa shape index (κ1) is 24.6. The zero-order valence-electron chi connectivity index (χ0n) is 20.4. The molecule has 8 heteroatoms. The van der Waals surface area contributed by atoms with E-state index >= 15 is 0 Å². The number of halogens is 1. The minimum atomic E-state index is -1.15. The van der Waals surface area contributed by atoms with Crippen LogP contribution >= 0.6 is 0 Å². The predicted octanol–water partition coefficient (Wildman–Crippen LogP) is 4.82. The number of carbonyl (C=O) groups excluding carboxylic acids is 1. The molecule has 7 nitrogen and oxygen atoms in total. The molecule has 2 N–H and O–H groups in total. The quantitative estimate of drug-likeness (QED) is 0.469. The third-order valence-electron chi connectivity index (χ3n) is 6.33. The average Bonchev–Trinajstić information content (AvgIpc) is 3.39. The highest BCUT2D eigenvalue weighted by Gasteiger charge is 2.37. The zero-order valence-corrected chi connectivity index (χ0v) is 20.4. The third kappa shape index (κ3) is 4.43. The van der Waals surface area contributed by atoms with Crippen LogP contribution in [0.2, 0.25) is 0 Å².